The van der Waals surface area contributed by atoms with Gasteiger partial charge in [0.25, 0.3) is 0 Å². The van der Waals surface area contributed by atoms with Crippen molar-refractivity contribution in [2.75, 3.05) is 26.7 Å². The monoisotopic (exact) mass is 228 g/mol. The summed E-state index contributed by atoms with van der Waals surface area (Å²) in [6, 6.07) is 0.476. The Morgan fingerprint density at radius 2 is 2.12 bits per heavy atom. The molecule has 0 spiro atoms. The molecule has 3 heteroatoms. The zero-order valence-corrected chi connectivity index (χ0v) is 11.3. The van der Waals surface area contributed by atoms with E-state index in [1.807, 2.05) is 0 Å². The predicted octanol–water partition coefficient (Wildman–Crippen LogP) is 1.86. The molecule has 0 bridgehead atoms. The molecule has 2 N–H and O–H groups in total. The van der Waals surface area contributed by atoms with Crippen molar-refractivity contribution in [2.45, 2.75) is 52.2 Å². The molecule has 0 aromatic carbocycles. The third-order valence-electron chi connectivity index (χ3n) is 3.26. The van der Waals surface area contributed by atoms with Gasteiger partial charge in [-0.2, -0.15) is 0 Å². The van der Waals surface area contributed by atoms with E-state index in [-0.39, 0.29) is 0 Å². The molecular weight excluding hydrogens is 200 g/mol. The van der Waals surface area contributed by atoms with Crippen LogP contribution in [0.1, 0.15) is 40.0 Å². The van der Waals surface area contributed by atoms with E-state index in [0.717, 1.165) is 26.1 Å². The molecule has 2 atom stereocenters. The van der Waals surface area contributed by atoms with Crippen LogP contribution in [-0.4, -0.2) is 43.8 Å². The van der Waals surface area contributed by atoms with Crippen molar-refractivity contribution in [1.82, 2.24) is 4.90 Å². The van der Waals surface area contributed by atoms with Gasteiger partial charge in [0.15, 0.2) is 0 Å². The Morgan fingerprint density at radius 3 is 2.56 bits per heavy atom. The number of likely N-dealkylation sites (N-methyl/N-ethyl adjacent to an activating group) is 1. The van der Waals surface area contributed by atoms with Crippen molar-refractivity contribution >= 4 is 0 Å². The molecule has 16 heavy (non-hydrogen) atoms. The molecule has 1 aliphatic rings. The summed E-state index contributed by atoms with van der Waals surface area (Å²) in [4.78, 5) is 2.38. The molecule has 1 fully saturated rings. The van der Waals surface area contributed by atoms with E-state index in [2.05, 4.69) is 32.7 Å². The molecule has 1 heterocycles. The molecule has 0 amide bonds. The van der Waals surface area contributed by atoms with Crippen molar-refractivity contribution in [1.29, 1.82) is 0 Å². The maximum atomic E-state index is 5.87. The van der Waals surface area contributed by atoms with Crippen LogP contribution in [0.2, 0.25) is 0 Å². The second-order valence-corrected chi connectivity index (χ2v) is 6.23. The van der Waals surface area contributed by atoms with Gasteiger partial charge in [0.2, 0.25) is 0 Å². The quantitative estimate of drug-likeness (QED) is 0.780. The number of rotatable bonds is 5. The SMILES string of the molecule is CN(CC1CCCO1)C(CN)CC(C)(C)C. The van der Waals surface area contributed by atoms with Crippen LogP contribution in [0.5, 0.6) is 0 Å². The van der Waals surface area contributed by atoms with Gasteiger partial charge >= 0.3 is 0 Å². The molecule has 0 radical (unpaired) electrons. The summed E-state index contributed by atoms with van der Waals surface area (Å²) in [6.07, 6.45) is 3.99. The Hall–Kier alpha value is -0.120. The van der Waals surface area contributed by atoms with Crippen LogP contribution in [0.3, 0.4) is 0 Å². The van der Waals surface area contributed by atoms with Crippen molar-refractivity contribution in [2.24, 2.45) is 11.1 Å². The molecule has 0 aromatic rings. The first-order chi connectivity index (χ1) is 7.42. The maximum Gasteiger partial charge on any atom is 0.0702 e. The third kappa shape index (κ3) is 4.81. The largest absolute Gasteiger partial charge is 0.377 e. The molecular formula is C13H28N2O. The summed E-state index contributed by atoms with van der Waals surface area (Å²) in [7, 11) is 2.17. The lowest BCUT2D eigenvalue weighted by molar-refractivity contribution is 0.0615. The lowest BCUT2D eigenvalue weighted by Gasteiger charge is -2.33. The fraction of sp³-hybridized carbons (Fsp3) is 1.00. The Bertz CT molecular complexity index is 195. The van der Waals surface area contributed by atoms with Gasteiger partial charge < -0.3 is 10.5 Å². The average Bonchev–Trinajstić information content (AvgIpc) is 2.65. The molecule has 2 unspecified atom stereocenters. The van der Waals surface area contributed by atoms with Gasteiger partial charge in [0, 0.05) is 25.7 Å². The number of hydrogen-bond donors (Lipinski definition) is 1. The highest BCUT2D eigenvalue weighted by molar-refractivity contribution is 4.79. The van der Waals surface area contributed by atoms with Crippen LogP contribution < -0.4 is 5.73 Å². The first-order valence-electron chi connectivity index (χ1n) is 6.44. The highest BCUT2D eigenvalue weighted by Gasteiger charge is 2.24. The average molecular weight is 228 g/mol. The van der Waals surface area contributed by atoms with Gasteiger partial charge in [-0.15, -0.1) is 0 Å². The van der Waals surface area contributed by atoms with E-state index in [1.165, 1.54) is 12.8 Å². The fourth-order valence-corrected chi connectivity index (χ4v) is 2.38. The van der Waals surface area contributed by atoms with E-state index < -0.39 is 0 Å². The first kappa shape index (κ1) is 13.9. The van der Waals surface area contributed by atoms with E-state index in [0.29, 0.717) is 17.6 Å². The van der Waals surface area contributed by atoms with E-state index in [4.69, 9.17) is 10.5 Å². The van der Waals surface area contributed by atoms with E-state index >= 15 is 0 Å². The summed E-state index contributed by atoms with van der Waals surface area (Å²) in [5.74, 6) is 0. The lowest BCUT2D eigenvalue weighted by Crippen LogP contribution is -2.43. The summed E-state index contributed by atoms with van der Waals surface area (Å²) < 4.78 is 5.67. The van der Waals surface area contributed by atoms with Crippen LogP contribution in [0.25, 0.3) is 0 Å². The van der Waals surface area contributed by atoms with Gasteiger partial charge in [-0.05, 0) is 31.7 Å². The number of hydrogen-bond acceptors (Lipinski definition) is 3. The Kier molecular flexibility index (Phi) is 5.22. The normalized spacial score (nSPS) is 24.0. The van der Waals surface area contributed by atoms with Crippen LogP contribution in [0, 0.1) is 5.41 Å². The van der Waals surface area contributed by atoms with E-state index in [9.17, 15) is 0 Å². The molecule has 3 nitrogen and oxygen atoms in total. The number of nitrogens with zero attached hydrogens (tertiary/aromatic N) is 1. The minimum absolute atomic E-state index is 0.342. The summed E-state index contributed by atoms with van der Waals surface area (Å²) in [6.45, 7) is 9.52. The fourth-order valence-electron chi connectivity index (χ4n) is 2.38. The first-order valence-corrected chi connectivity index (χ1v) is 6.44. The van der Waals surface area contributed by atoms with Crippen LogP contribution >= 0.6 is 0 Å². The molecule has 0 aliphatic carbocycles. The van der Waals surface area contributed by atoms with Crippen LogP contribution in [0.15, 0.2) is 0 Å². The lowest BCUT2D eigenvalue weighted by atomic mass is 9.87. The van der Waals surface area contributed by atoms with Crippen molar-refractivity contribution in [3.63, 3.8) is 0 Å². The van der Waals surface area contributed by atoms with Crippen LogP contribution in [-0.2, 0) is 4.74 Å². The number of ether oxygens (including phenoxy) is 1. The molecule has 0 saturated carbocycles. The predicted molar refractivity (Wildman–Crippen MR) is 68.5 cm³/mol. The minimum Gasteiger partial charge on any atom is -0.377 e. The van der Waals surface area contributed by atoms with Gasteiger partial charge in [0.1, 0.15) is 0 Å². The smallest absolute Gasteiger partial charge is 0.0702 e. The van der Waals surface area contributed by atoms with Crippen molar-refractivity contribution in [3.05, 3.63) is 0 Å². The van der Waals surface area contributed by atoms with Gasteiger partial charge in [-0.25, -0.2) is 0 Å². The highest BCUT2D eigenvalue weighted by Crippen LogP contribution is 2.23. The Balaban J connectivity index is 2.38. The third-order valence-corrected chi connectivity index (χ3v) is 3.26. The van der Waals surface area contributed by atoms with Crippen LogP contribution in [0.4, 0.5) is 0 Å². The molecule has 1 saturated heterocycles. The molecule has 0 aromatic heterocycles. The van der Waals surface area contributed by atoms with Crippen molar-refractivity contribution in [3.8, 4) is 0 Å². The second-order valence-electron chi connectivity index (χ2n) is 6.23. The summed E-state index contributed by atoms with van der Waals surface area (Å²) >= 11 is 0. The van der Waals surface area contributed by atoms with Gasteiger partial charge in [-0.3, -0.25) is 4.90 Å². The topological polar surface area (TPSA) is 38.5 Å². The summed E-state index contributed by atoms with van der Waals surface area (Å²) in [5.41, 5.74) is 6.21. The second kappa shape index (κ2) is 5.99. The Morgan fingerprint density at radius 1 is 1.44 bits per heavy atom. The highest BCUT2D eigenvalue weighted by atomic mass is 16.5. The van der Waals surface area contributed by atoms with Gasteiger partial charge in [0.05, 0.1) is 6.10 Å². The molecule has 96 valence electrons. The standard InChI is InChI=1S/C13H28N2O/c1-13(2,3)8-11(9-14)15(4)10-12-6-5-7-16-12/h11-12H,5-10,14H2,1-4H3. The Labute approximate surface area is 100 Å². The zero-order chi connectivity index (χ0) is 12.2. The molecule has 1 rings (SSSR count). The van der Waals surface area contributed by atoms with Crippen molar-refractivity contribution < 1.29 is 4.74 Å². The minimum atomic E-state index is 0.342. The van der Waals surface area contributed by atoms with E-state index in [1.54, 1.807) is 0 Å². The maximum absolute atomic E-state index is 5.87. The summed E-state index contributed by atoms with van der Waals surface area (Å²) in [5, 5.41) is 0. The van der Waals surface area contributed by atoms with Gasteiger partial charge in [-0.1, -0.05) is 20.8 Å². The number of nitrogens with two attached hydrogens (primary N) is 1. The zero-order valence-electron chi connectivity index (χ0n) is 11.3. The molecule has 1 aliphatic heterocycles.